The topological polar surface area (TPSA) is 64.7 Å². The Balaban J connectivity index is 1.13. The van der Waals surface area contributed by atoms with Crippen LogP contribution in [-0.2, 0) is 0 Å². The lowest BCUT2D eigenvalue weighted by Gasteiger charge is -2.16. The Morgan fingerprint density at radius 1 is 0.298 bits per heavy atom. The van der Waals surface area contributed by atoms with Crippen LogP contribution in [0.2, 0.25) is 0 Å². The molecule has 0 fully saturated rings. The molecule has 0 spiro atoms. The zero-order chi connectivity index (χ0) is 37.7. The van der Waals surface area contributed by atoms with E-state index in [-0.39, 0.29) is 0 Å². The number of aromatic nitrogens is 4. The molecule has 0 amide bonds. The van der Waals surface area contributed by atoms with E-state index >= 15 is 0 Å². The number of furan rings is 1. The maximum atomic E-state index is 6.64. The van der Waals surface area contributed by atoms with E-state index in [0.29, 0.717) is 17.5 Å². The van der Waals surface area contributed by atoms with Gasteiger partial charge in [0.05, 0.1) is 11.2 Å². The lowest BCUT2D eigenvalue weighted by atomic mass is 9.88. The third-order valence-electron chi connectivity index (χ3n) is 10.7. The van der Waals surface area contributed by atoms with E-state index in [0.717, 1.165) is 93.8 Å². The summed E-state index contributed by atoms with van der Waals surface area (Å²) in [6, 6.07) is 66.9. The summed E-state index contributed by atoms with van der Waals surface area (Å²) in [4.78, 5) is 20.2. The molecule has 0 aliphatic heterocycles. The van der Waals surface area contributed by atoms with Crippen molar-refractivity contribution in [2.45, 2.75) is 0 Å². The van der Waals surface area contributed by atoms with Gasteiger partial charge in [-0.05, 0) is 47.0 Å². The van der Waals surface area contributed by atoms with Gasteiger partial charge in [0.15, 0.2) is 17.5 Å². The molecule has 5 nitrogen and oxygen atoms in total. The second-order valence-corrected chi connectivity index (χ2v) is 14.2. The van der Waals surface area contributed by atoms with Crippen LogP contribution >= 0.6 is 0 Å². The Labute approximate surface area is 328 Å². The zero-order valence-corrected chi connectivity index (χ0v) is 30.7. The molecule has 0 radical (unpaired) electrons. The monoisotopic (exact) mass is 728 g/mol. The van der Waals surface area contributed by atoms with Crippen molar-refractivity contribution in [3.63, 3.8) is 0 Å². The van der Waals surface area contributed by atoms with E-state index in [2.05, 4.69) is 115 Å². The molecule has 0 N–H and O–H groups in total. The third-order valence-corrected chi connectivity index (χ3v) is 10.7. The van der Waals surface area contributed by atoms with Gasteiger partial charge in [-0.1, -0.05) is 164 Å². The molecule has 3 heterocycles. The van der Waals surface area contributed by atoms with Crippen LogP contribution in [-0.4, -0.2) is 19.9 Å². The number of hydrogen-bond donors (Lipinski definition) is 0. The van der Waals surface area contributed by atoms with Crippen LogP contribution in [0.15, 0.2) is 199 Å². The van der Waals surface area contributed by atoms with Gasteiger partial charge < -0.3 is 4.42 Å². The first-order valence-corrected chi connectivity index (χ1v) is 19.1. The number of rotatable bonds is 6. The van der Waals surface area contributed by atoms with E-state index in [4.69, 9.17) is 24.4 Å². The largest absolute Gasteiger partial charge is 0.456 e. The van der Waals surface area contributed by atoms with Gasteiger partial charge in [-0.15, -0.1) is 0 Å². The Bertz CT molecular complexity index is 3230. The molecule has 0 unspecified atom stereocenters. The average Bonchev–Trinajstić information content (AvgIpc) is 3.67. The third kappa shape index (κ3) is 5.72. The van der Waals surface area contributed by atoms with Crippen LogP contribution < -0.4 is 0 Å². The quantitative estimate of drug-likeness (QED) is 0.160. The van der Waals surface area contributed by atoms with Gasteiger partial charge in [-0.25, -0.2) is 19.9 Å². The second kappa shape index (κ2) is 13.5. The average molecular weight is 729 g/mol. The summed E-state index contributed by atoms with van der Waals surface area (Å²) in [5, 5.41) is 5.47. The van der Waals surface area contributed by atoms with Crippen molar-refractivity contribution in [2.24, 2.45) is 0 Å². The molecule has 0 bridgehead atoms. The highest BCUT2D eigenvalue weighted by Crippen LogP contribution is 2.46. The lowest BCUT2D eigenvalue weighted by molar-refractivity contribution is 0.669. The van der Waals surface area contributed by atoms with Gasteiger partial charge in [0, 0.05) is 54.7 Å². The first kappa shape index (κ1) is 32.7. The molecule has 0 atom stereocenters. The summed E-state index contributed by atoms with van der Waals surface area (Å²) in [6.45, 7) is 0. The molecule has 0 aliphatic rings. The van der Waals surface area contributed by atoms with Crippen molar-refractivity contribution in [3.05, 3.63) is 194 Å². The number of benzene rings is 8. The fourth-order valence-corrected chi connectivity index (χ4v) is 8.05. The Morgan fingerprint density at radius 3 is 1.46 bits per heavy atom. The van der Waals surface area contributed by atoms with Crippen molar-refractivity contribution in [1.29, 1.82) is 0 Å². The zero-order valence-electron chi connectivity index (χ0n) is 30.7. The standard InChI is InChI=1S/C52H32N4O/c1-4-16-33(17-5-1)49-42-32-45-48(41-27-11-13-29-44(41)57-45)46(47(42)40-26-10-12-28-43(40)53-49)38-24-14-22-36(30-38)37-23-15-25-39(31-37)52-55-50(34-18-6-2-7-19-34)54-51(56-52)35-20-8-3-9-21-35/h1-32H. The van der Waals surface area contributed by atoms with Gasteiger partial charge in [0.25, 0.3) is 0 Å². The fourth-order valence-electron chi connectivity index (χ4n) is 8.05. The summed E-state index contributed by atoms with van der Waals surface area (Å²) < 4.78 is 6.64. The van der Waals surface area contributed by atoms with Crippen LogP contribution in [0.3, 0.4) is 0 Å². The normalized spacial score (nSPS) is 11.5. The Morgan fingerprint density at radius 2 is 0.789 bits per heavy atom. The molecule has 0 saturated heterocycles. The maximum absolute atomic E-state index is 6.64. The highest BCUT2D eigenvalue weighted by atomic mass is 16.3. The number of nitrogens with zero attached hydrogens (tertiary/aromatic N) is 4. The van der Waals surface area contributed by atoms with Crippen LogP contribution in [0.5, 0.6) is 0 Å². The van der Waals surface area contributed by atoms with Gasteiger partial charge in [0.2, 0.25) is 0 Å². The van der Waals surface area contributed by atoms with Crippen molar-refractivity contribution in [2.75, 3.05) is 0 Å². The SMILES string of the molecule is c1ccc(-c2nc(-c3ccccc3)nc(-c3cccc(-c4cccc(-c5c6c(cc7c(-c8ccccc8)nc8ccccc8c57)oc5ccccc56)c4)c3)n2)cc1. The van der Waals surface area contributed by atoms with Crippen molar-refractivity contribution in [1.82, 2.24) is 19.9 Å². The molecule has 5 heteroatoms. The predicted molar refractivity (Wildman–Crippen MR) is 233 cm³/mol. The molecule has 11 aromatic rings. The van der Waals surface area contributed by atoms with E-state index in [1.165, 1.54) is 0 Å². The van der Waals surface area contributed by atoms with Gasteiger partial charge >= 0.3 is 0 Å². The molecular weight excluding hydrogens is 697 g/mol. The maximum Gasteiger partial charge on any atom is 0.164 e. The minimum Gasteiger partial charge on any atom is -0.456 e. The summed E-state index contributed by atoms with van der Waals surface area (Å²) in [5.41, 5.74) is 11.8. The second-order valence-electron chi connectivity index (χ2n) is 14.2. The van der Waals surface area contributed by atoms with Crippen molar-refractivity contribution >= 4 is 43.6 Å². The Hall–Kier alpha value is -7.76. The van der Waals surface area contributed by atoms with E-state index < -0.39 is 0 Å². The highest BCUT2D eigenvalue weighted by Gasteiger charge is 2.22. The molecular formula is C52H32N4O. The van der Waals surface area contributed by atoms with Crippen LogP contribution in [0.4, 0.5) is 0 Å². The summed E-state index contributed by atoms with van der Waals surface area (Å²) in [5.74, 6) is 1.89. The molecule has 57 heavy (non-hydrogen) atoms. The van der Waals surface area contributed by atoms with Crippen molar-refractivity contribution in [3.8, 4) is 67.7 Å². The first-order valence-electron chi connectivity index (χ1n) is 19.1. The molecule has 8 aromatic carbocycles. The van der Waals surface area contributed by atoms with Gasteiger partial charge in [-0.2, -0.15) is 0 Å². The summed E-state index contributed by atoms with van der Waals surface area (Å²) in [6.07, 6.45) is 0. The first-order chi connectivity index (χ1) is 28.2. The minimum absolute atomic E-state index is 0.619. The number of hydrogen-bond acceptors (Lipinski definition) is 5. The Kier molecular flexibility index (Phi) is 7.74. The summed E-state index contributed by atoms with van der Waals surface area (Å²) >= 11 is 0. The molecule has 11 rings (SSSR count). The van der Waals surface area contributed by atoms with Crippen LogP contribution in [0.25, 0.3) is 111 Å². The van der Waals surface area contributed by atoms with Crippen molar-refractivity contribution < 1.29 is 4.42 Å². The predicted octanol–water partition coefficient (Wildman–Crippen LogP) is 13.5. The number of para-hydroxylation sites is 2. The number of fused-ring (bicyclic) bond motifs is 6. The lowest BCUT2D eigenvalue weighted by Crippen LogP contribution is -2.00. The van der Waals surface area contributed by atoms with Gasteiger partial charge in [0.1, 0.15) is 11.2 Å². The number of pyridine rings is 1. The molecule has 0 aliphatic carbocycles. The minimum atomic E-state index is 0.619. The van der Waals surface area contributed by atoms with E-state index in [1.54, 1.807) is 0 Å². The van der Waals surface area contributed by atoms with Crippen LogP contribution in [0, 0.1) is 0 Å². The van der Waals surface area contributed by atoms with E-state index in [9.17, 15) is 0 Å². The highest BCUT2D eigenvalue weighted by molar-refractivity contribution is 6.27. The summed E-state index contributed by atoms with van der Waals surface area (Å²) in [7, 11) is 0. The van der Waals surface area contributed by atoms with Crippen LogP contribution in [0.1, 0.15) is 0 Å². The van der Waals surface area contributed by atoms with E-state index in [1.807, 2.05) is 78.9 Å². The smallest absolute Gasteiger partial charge is 0.164 e. The molecule has 266 valence electrons. The fraction of sp³-hybridized carbons (Fsp3) is 0. The molecule has 0 saturated carbocycles. The van der Waals surface area contributed by atoms with Gasteiger partial charge in [-0.3, -0.25) is 0 Å². The molecule has 3 aromatic heterocycles.